The second-order valence-electron chi connectivity index (χ2n) is 9.94. The molecule has 1 atom stereocenters. The second-order valence-corrected chi connectivity index (χ2v) is 11.8. The number of carbonyl (C=O) groups is 2. The van der Waals surface area contributed by atoms with Crippen molar-refractivity contribution in [2.45, 2.75) is 31.1 Å². The number of thiophene rings is 1. The highest BCUT2D eigenvalue weighted by Crippen LogP contribution is 2.35. The van der Waals surface area contributed by atoms with Crippen LogP contribution in [0.15, 0.2) is 107 Å². The number of aryl methyl sites for hydroxylation is 1. The van der Waals surface area contributed by atoms with Gasteiger partial charge in [-0.15, -0.1) is 21.5 Å². The standard InChI is InChI=1S/C32H27FN6O2S2/c1-21-7-5-8-23(17-21)31(41)34-19-29-35-36-32(38(29)25-9-3-2-4-10-25)43-20-30(40)39-27(22-12-14-24(33)15-13-22)18-26(37-39)28-11-6-16-42-28/h2-17,27H,18-20H2,1H3,(H,34,41)/t27-/m0/s1. The summed E-state index contributed by atoms with van der Waals surface area (Å²) in [6.45, 7) is 2.09. The molecule has 1 aliphatic rings. The number of amides is 2. The molecule has 0 bridgehead atoms. The number of hydrogen-bond donors (Lipinski definition) is 1. The van der Waals surface area contributed by atoms with Gasteiger partial charge in [-0.25, -0.2) is 9.40 Å². The van der Waals surface area contributed by atoms with Gasteiger partial charge < -0.3 is 5.32 Å². The van der Waals surface area contributed by atoms with Crippen molar-refractivity contribution in [1.82, 2.24) is 25.1 Å². The molecule has 3 aromatic carbocycles. The number of thioether (sulfide) groups is 1. The van der Waals surface area contributed by atoms with Crippen LogP contribution >= 0.6 is 23.1 Å². The van der Waals surface area contributed by atoms with E-state index in [1.54, 1.807) is 29.5 Å². The van der Waals surface area contributed by atoms with Gasteiger partial charge in [-0.2, -0.15) is 5.10 Å². The molecule has 2 aromatic heterocycles. The molecule has 43 heavy (non-hydrogen) atoms. The van der Waals surface area contributed by atoms with E-state index in [0.29, 0.717) is 23.0 Å². The van der Waals surface area contributed by atoms with E-state index < -0.39 is 0 Å². The van der Waals surface area contributed by atoms with Crippen molar-refractivity contribution >= 4 is 40.6 Å². The average molecular weight is 611 g/mol. The van der Waals surface area contributed by atoms with Crippen LogP contribution in [-0.2, 0) is 11.3 Å². The summed E-state index contributed by atoms with van der Waals surface area (Å²) in [5, 5.41) is 20.4. The summed E-state index contributed by atoms with van der Waals surface area (Å²) < 4.78 is 15.5. The first-order valence-electron chi connectivity index (χ1n) is 13.6. The molecule has 2 amide bonds. The van der Waals surface area contributed by atoms with Gasteiger partial charge in [0.2, 0.25) is 0 Å². The van der Waals surface area contributed by atoms with Crippen LogP contribution in [0.5, 0.6) is 0 Å². The van der Waals surface area contributed by atoms with Crippen LogP contribution in [0.1, 0.15) is 44.6 Å². The number of carbonyl (C=O) groups excluding carboxylic acids is 2. The van der Waals surface area contributed by atoms with Crippen LogP contribution in [0.4, 0.5) is 4.39 Å². The number of nitrogens with zero attached hydrogens (tertiary/aromatic N) is 5. The van der Waals surface area contributed by atoms with Crippen molar-refractivity contribution in [2.75, 3.05) is 5.75 Å². The number of hydrogen-bond acceptors (Lipinski definition) is 7. The quantitative estimate of drug-likeness (QED) is 0.201. The lowest BCUT2D eigenvalue weighted by Crippen LogP contribution is -2.28. The van der Waals surface area contributed by atoms with E-state index in [0.717, 1.165) is 27.4 Å². The number of nitrogens with one attached hydrogen (secondary N) is 1. The number of para-hydroxylation sites is 1. The van der Waals surface area contributed by atoms with E-state index in [2.05, 4.69) is 15.5 Å². The van der Waals surface area contributed by atoms with Gasteiger partial charge in [-0.05, 0) is 60.3 Å². The first-order chi connectivity index (χ1) is 21.0. The molecular weight excluding hydrogens is 584 g/mol. The molecule has 11 heteroatoms. The van der Waals surface area contributed by atoms with Crippen LogP contribution in [0.25, 0.3) is 5.69 Å². The smallest absolute Gasteiger partial charge is 0.253 e. The lowest BCUT2D eigenvalue weighted by atomic mass is 10.0. The Morgan fingerprint density at radius 2 is 1.81 bits per heavy atom. The fraction of sp³-hybridized carbons (Fsp3) is 0.156. The Bertz CT molecular complexity index is 1770. The van der Waals surface area contributed by atoms with Crippen molar-refractivity contribution in [1.29, 1.82) is 0 Å². The van der Waals surface area contributed by atoms with Crippen LogP contribution in [0, 0.1) is 12.7 Å². The molecule has 0 aliphatic carbocycles. The van der Waals surface area contributed by atoms with Gasteiger partial charge in [-0.3, -0.25) is 14.2 Å². The van der Waals surface area contributed by atoms with Crippen molar-refractivity contribution in [2.24, 2.45) is 5.10 Å². The van der Waals surface area contributed by atoms with Crippen molar-refractivity contribution in [3.8, 4) is 5.69 Å². The van der Waals surface area contributed by atoms with Crippen LogP contribution in [0.2, 0.25) is 0 Å². The van der Waals surface area contributed by atoms with E-state index in [1.807, 2.05) is 77.5 Å². The third-order valence-electron chi connectivity index (χ3n) is 6.95. The van der Waals surface area contributed by atoms with E-state index >= 15 is 0 Å². The van der Waals surface area contributed by atoms with Gasteiger partial charge in [0, 0.05) is 17.7 Å². The molecule has 0 fully saturated rings. The van der Waals surface area contributed by atoms with Crippen LogP contribution < -0.4 is 5.32 Å². The van der Waals surface area contributed by atoms with Crippen molar-refractivity contribution in [3.05, 3.63) is 130 Å². The molecule has 1 aliphatic heterocycles. The molecule has 3 heterocycles. The lowest BCUT2D eigenvalue weighted by Gasteiger charge is -2.22. The minimum Gasteiger partial charge on any atom is -0.345 e. The van der Waals surface area contributed by atoms with E-state index in [-0.39, 0.29) is 36.0 Å². The zero-order valence-electron chi connectivity index (χ0n) is 23.2. The summed E-state index contributed by atoms with van der Waals surface area (Å²) in [6, 6.07) is 26.7. The maximum Gasteiger partial charge on any atom is 0.253 e. The lowest BCUT2D eigenvalue weighted by molar-refractivity contribution is -0.130. The van der Waals surface area contributed by atoms with Gasteiger partial charge in [0.1, 0.15) is 5.82 Å². The van der Waals surface area contributed by atoms with E-state index in [4.69, 9.17) is 5.10 Å². The Balaban J connectivity index is 1.22. The minimum absolute atomic E-state index is 0.0551. The summed E-state index contributed by atoms with van der Waals surface area (Å²) in [6.07, 6.45) is 0.535. The van der Waals surface area contributed by atoms with Crippen LogP contribution in [0.3, 0.4) is 0 Å². The molecule has 0 saturated carbocycles. The van der Waals surface area contributed by atoms with Gasteiger partial charge in [0.05, 0.1) is 28.9 Å². The Kier molecular flexibility index (Phi) is 8.43. The highest BCUT2D eigenvalue weighted by Gasteiger charge is 2.33. The van der Waals surface area contributed by atoms with Gasteiger partial charge in [0.15, 0.2) is 11.0 Å². The Morgan fingerprint density at radius 1 is 1.00 bits per heavy atom. The van der Waals surface area contributed by atoms with Crippen molar-refractivity contribution < 1.29 is 14.0 Å². The monoisotopic (exact) mass is 610 g/mol. The SMILES string of the molecule is Cc1cccc(C(=O)NCc2nnc(SCC(=O)N3N=C(c4cccs4)C[C@H]3c3ccc(F)cc3)n2-c2ccccc2)c1. The first-order valence-corrected chi connectivity index (χ1v) is 15.5. The zero-order valence-corrected chi connectivity index (χ0v) is 24.8. The Hall–Kier alpha value is -4.61. The van der Waals surface area contributed by atoms with E-state index in [1.165, 1.54) is 28.9 Å². The van der Waals surface area contributed by atoms with Gasteiger partial charge >= 0.3 is 0 Å². The summed E-state index contributed by atoms with van der Waals surface area (Å²) in [5.74, 6) is -0.163. The minimum atomic E-state index is -0.342. The third-order valence-corrected chi connectivity index (χ3v) is 8.79. The van der Waals surface area contributed by atoms with Gasteiger partial charge in [-0.1, -0.05) is 65.9 Å². The van der Waals surface area contributed by atoms with Crippen LogP contribution in [-0.4, -0.2) is 43.1 Å². The highest BCUT2D eigenvalue weighted by molar-refractivity contribution is 7.99. The molecule has 0 radical (unpaired) electrons. The average Bonchev–Trinajstić information content (AvgIpc) is 3.80. The molecule has 5 aromatic rings. The van der Waals surface area contributed by atoms with Crippen molar-refractivity contribution in [3.63, 3.8) is 0 Å². The first kappa shape index (κ1) is 28.5. The second kappa shape index (κ2) is 12.7. The maximum atomic E-state index is 13.7. The predicted molar refractivity (Wildman–Crippen MR) is 166 cm³/mol. The molecule has 0 unspecified atom stereocenters. The predicted octanol–water partition coefficient (Wildman–Crippen LogP) is 6.18. The summed E-state index contributed by atoms with van der Waals surface area (Å²) >= 11 is 2.81. The van der Waals surface area contributed by atoms with E-state index in [9.17, 15) is 14.0 Å². The molecule has 216 valence electrons. The Morgan fingerprint density at radius 3 is 2.56 bits per heavy atom. The number of hydrazone groups is 1. The molecule has 1 N–H and O–H groups in total. The number of aromatic nitrogens is 3. The molecule has 6 rings (SSSR count). The molecule has 0 spiro atoms. The fourth-order valence-electron chi connectivity index (χ4n) is 4.86. The summed E-state index contributed by atoms with van der Waals surface area (Å²) in [7, 11) is 0. The number of halogens is 1. The summed E-state index contributed by atoms with van der Waals surface area (Å²) in [5.41, 5.74) is 4.01. The maximum absolute atomic E-state index is 13.7. The number of rotatable bonds is 9. The zero-order chi connectivity index (χ0) is 29.8. The largest absolute Gasteiger partial charge is 0.345 e. The molecular formula is C32H27FN6O2S2. The summed E-state index contributed by atoms with van der Waals surface area (Å²) in [4.78, 5) is 27.5. The normalized spacial score (nSPS) is 14.5. The molecule has 8 nitrogen and oxygen atoms in total. The van der Waals surface area contributed by atoms with Gasteiger partial charge in [0.25, 0.3) is 11.8 Å². The third kappa shape index (κ3) is 6.42. The fourth-order valence-corrected chi connectivity index (χ4v) is 6.41. The molecule has 0 saturated heterocycles. The topological polar surface area (TPSA) is 92.5 Å². The Labute approximate surface area is 256 Å². The number of benzene rings is 3. The highest BCUT2D eigenvalue weighted by atomic mass is 32.2.